The number of carbonyl (C=O) groups excluding carboxylic acids is 3. The van der Waals surface area contributed by atoms with Gasteiger partial charge in [-0.2, -0.15) is 0 Å². The van der Waals surface area contributed by atoms with Crippen molar-refractivity contribution in [1.29, 1.82) is 0 Å². The van der Waals surface area contributed by atoms with Gasteiger partial charge in [-0.25, -0.2) is 4.79 Å². The Morgan fingerprint density at radius 1 is 1.11 bits per heavy atom. The highest BCUT2D eigenvalue weighted by atomic mass is 16.6. The summed E-state index contributed by atoms with van der Waals surface area (Å²) in [5.74, 6) is -1.13. The second-order valence-electron chi connectivity index (χ2n) is 9.07. The molecule has 0 saturated carbocycles. The predicted molar refractivity (Wildman–Crippen MR) is 134 cm³/mol. The average molecular weight is 504 g/mol. The van der Waals surface area contributed by atoms with Gasteiger partial charge < -0.3 is 13.9 Å². The molecule has 0 unspecified atom stereocenters. The first-order valence-corrected chi connectivity index (χ1v) is 11.9. The van der Waals surface area contributed by atoms with Crippen molar-refractivity contribution in [3.63, 3.8) is 0 Å². The molecule has 0 spiro atoms. The SMILES string of the molecule is Cc1cc(/C=C2\C(=O)NC(=O)N(Cc3ccco3)C2=O)c(C)n1-c1ccc(N2CCCC2)c([N+](=O)[O-])c1. The largest absolute Gasteiger partial charge is 0.467 e. The number of amides is 4. The van der Waals surface area contributed by atoms with E-state index in [1.807, 2.05) is 22.5 Å². The van der Waals surface area contributed by atoms with Crippen LogP contribution in [-0.4, -0.2) is 45.3 Å². The summed E-state index contributed by atoms with van der Waals surface area (Å²) in [6, 6.07) is 9.39. The number of benzene rings is 1. The molecule has 2 aromatic heterocycles. The number of nitro groups is 1. The quantitative estimate of drug-likeness (QED) is 0.234. The highest BCUT2D eigenvalue weighted by molar-refractivity contribution is 6.31. The zero-order chi connectivity index (χ0) is 26.3. The maximum absolute atomic E-state index is 13.1. The third kappa shape index (κ3) is 4.39. The minimum absolute atomic E-state index is 0.0284. The first-order valence-electron chi connectivity index (χ1n) is 11.9. The molecule has 11 heteroatoms. The number of furan rings is 1. The van der Waals surface area contributed by atoms with E-state index in [0.29, 0.717) is 28.4 Å². The van der Waals surface area contributed by atoms with E-state index in [0.717, 1.165) is 36.5 Å². The number of nitrogens with zero attached hydrogens (tertiary/aromatic N) is 4. The van der Waals surface area contributed by atoms with Gasteiger partial charge >= 0.3 is 6.03 Å². The molecule has 2 aliphatic rings. The topological polar surface area (TPSA) is 131 Å². The number of anilines is 1. The molecule has 0 radical (unpaired) electrons. The Hall–Kier alpha value is -4.67. The Kier molecular flexibility index (Phi) is 6.12. The van der Waals surface area contributed by atoms with Gasteiger partial charge in [0.25, 0.3) is 17.5 Å². The molecular formula is C26H25N5O6. The number of nitro benzene ring substituents is 1. The fourth-order valence-electron chi connectivity index (χ4n) is 4.91. The number of urea groups is 1. The van der Waals surface area contributed by atoms with Crippen molar-refractivity contribution in [1.82, 2.24) is 14.8 Å². The molecule has 1 N–H and O–H groups in total. The fraction of sp³-hybridized carbons (Fsp3) is 0.269. The molecule has 37 heavy (non-hydrogen) atoms. The predicted octanol–water partition coefficient (Wildman–Crippen LogP) is 3.86. The number of imide groups is 2. The number of hydrogen-bond acceptors (Lipinski definition) is 7. The van der Waals surface area contributed by atoms with Crippen molar-refractivity contribution >= 4 is 35.3 Å². The number of nitrogens with one attached hydrogen (secondary N) is 1. The summed E-state index contributed by atoms with van der Waals surface area (Å²) < 4.78 is 7.07. The average Bonchev–Trinajstić information content (AvgIpc) is 3.62. The Labute approximate surface area is 212 Å². The molecular weight excluding hydrogens is 478 g/mol. The lowest BCUT2D eigenvalue weighted by Crippen LogP contribution is -2.53. The second kappa shape index (κ2) is 9.41. The number of aryl methyl sites for hydroxylation is 1. The van der Waals surface area contributed by atoms with Crippen molar-refractivity contribution in [3.05, 3.63) is 81.1 Å². The Morgan fingerprint density at radius 2 is 1.86 bits per heavy atom. The lowest BCUT2D eigenvalue weighted by Gasteiger charge is -2.25. The van der Waals surface area contributed by atoms with Crippen molar-refractivity contribution in [3.8, 4) is 5.69 Å². The van der Waals surface area contributed by atoms with Gasteiger partial charge in [-0.05, 0) is 68.7 Å². The van der Waals surface area contributed by atoms with Crippen LogP contribution >= 0.6 is 0 Å². The van der Waals surface area contributed by atoms with Crippen molar-refractivity contribution in [2.24, 2.45) is 0 Å². The van der Waals surface area contributed by atoms with Gasteiger partial charge in [0, 0.05) is 30.5 Å². The Morgan fingerprint density at radius 3 is 2.54 bits per heavy atom. The van der Waals surface area contributed by atoms with E-state index in [-0.39, 0.29) is 22.7 Å². The van der Waals surface area contributed by atoms with E-state index in [2.05, 4.69) is 5.32 Å². The third-order valence-electron chi connectivity index (χ3n) is 6.71. The summed E-state index contributed by atoms with van der Waals surface area (Å²) in [4.78, 5) is 52.4. The Bertz CT molecular complexity index is 1450. The number of rotatable bonds is 6. The van der Waals surface area contributed by atoms with E-state index in [1.54, 1.807) is 37.3 Å². The van der Waals surface area contributed by atoms with Crippen LogP contribution < -0.4 is 10.2 Å². The van der Waals surface area contributed by atoms with E-state index in [4.69, 9.17) is 4.42 Å². The lowest BCUT2D eigenvalue weighted by molar-refractivity contribution is -0.384. The second-order valence-corrected chi connectivity index (χ2v) is 9.07. The maximum atomic E-state index is 13.1. The van der Waals surface area contributed by atoms with Crippen LogP contribution in [0.3, 0.4) is 0 Å². The zero-order valence-electron chi connectivity index (χ0n) is 20.4. The van der Waals surface area contributed by atoms with Crippen LogP contribution in [0.15, 0.2) is 52.7 Å². The van der Waals surface area contributed by atoms with Gasteiger partial charge in [-0.1, -0.05) is 0 Å². The van der Waals surface area contributed by atoms with E-state index >= 15 is 0 Å². The molecule has 4 amide bonds. The fourth-order valence-corrected chi connectivity index (χ4v) is 4.91. The standard InChI is InChI=1S/C26H25N5O6/c1-16-12-18(13-21-24(32)27-26(34)29(25(21)33)15-20-6-5-11-37-20)17(2)30(16)19-7-8-22(23(14-19)31(35)36)28-9-3-4-10-28/h5-8,11-14H,3-4,9-10,15H2,1-2H3,(H,27,32,34)/b21-13+. The van der Waals surface area contributed by atoms with Crippen molar-refractivity contribution in [2.75, 3.05) is 18.0 Å². The van der Waals surface area contributed by atoms with E-state index in [1.165, 1.54) is 12.3 Å². The number of carbonyl (C=O) groups is 3. The van der Waals surface area contributed by atoms with Crippen LogP contribution in [0.25, 0.3) is 11.8 Å². The summed E-state index contributed by atoms with van der Waals surface area (Å²) >= 11 is 0. The van der Waals surface area contributed by atoms with Gasteiger partial charge in [-0.15, -0.1) is 0 Å². The molecule has 1 aromatic carbocycles. The van der Waals surface area contributed by atoms with Gasteiger partial charge in [0.15, 0.2) is 0 Å². The Balaban J connectivity index is 1.50. The minimum Gasteiger partial charge on any atom is -0.467 e. The van der Waals surface area contributed by atoms with Crippen molar-refractivity contribution in [2.45, 2.75) is 33.2 Å². The van der Waals surface area contributed by atoms with Crippen LogP contribution in [-0.2, 0) is 16.1 Å². The van der Waals surface area contributed by atoms with E-state index < -0.39 is 17.8 Å². The van der Waals surface area contributed by atoms with Crippen LogP contribution in [0.5, 0.6) is 0 Å². The normalized spacial score (nSPS) is 17.1. The molecule has 0 atom stereocenters. The molecule has 190 valence electrons. The van der Waals surface area contributed by atoms with Gasteiger partial charge in [0.1, 0.15) is 17.0 Å². The highest BCUT2D eigenvalue weighted by Crippen LogP contribution is 2.34. The molecule has 3 aromatic rings. The zero-order valence-corrected chi connectivity index (χ0v) is 20.4. The van der Waals surface area contributed by atoms with Gasteiger partial charge in [0.05, 0.1) is 23.4 Å². The molecule has 0 aliphatic carbocycles. The maximum Gasteiger partial charge on any atom is 0.331 e. The molecule has 2 aliphatic heterocycles. The van der Waals surface area contributed by atoms with Crippen LogP contribution in [0.2, 0.25) is 0 Å². The summed E-state index contributed by atoms with van der Waals surface area (Å²) in [6.45, 7) is 5.10. The van der Waals surface area contributed by atoms with E-state index in [9.17, 15) is 24.5 Å². The van der Waals surface area contributed by atoms with Crippen molar-refractivity contribution < 1.29 is 23.7 Å². The third-order valence-corrected chi connectivity index (χ3v) is 6.71. The minimum atomic E-state index is -0.820. The molecule has 11 nitrogen and oxygen atoms in total. The molecule has 2 fully saturated rings. The summed E-state index contributed by atoms with van der Waals surface area (Å²) in [5.41, 5.74) is 3.06. The smallest absolute Gasteiger partial charge is 0.331 e. The first-order chi connectivity index (χ1) is 17.7. The molecule has 2 saturated heterocycles. The van der Waals surface area contributed by atoms with Gasteiger partial charge in [0.2, 0.25) is 0 Å². The highest BCUT2D eigenvalue weighted by Gasteiger charge is 2.36. The molecule has 4 heterocycles. The number of hydrogen-bond donors (Lipinski definition) is 1. The number of aromatic nitrogens is 1. The number of barbiturate groups is 1. The first kappa shape index (κ1) is 24.0. The molecule has 0 bridgehead atoms. The van der Waals surface area contributed by atoms with Gasteiger partial charge in [-0.3, -0.25) is 29.9 Å². The lowest BCUT2D eigenvalue weighted by atomic mass is 10.1. The summed E-state index contributed by atoms with van der Waals surface area (Å²) in [7, 11) is 0. The van der Waals surface area contributed by atoms with Crippen LogP contribution in [0, 0.1) is 24.0 Å². The summed E-state index contributed by atoms with van der Waals surface area (Å²) in [5, 5.41) is 14.1. The van der Waals surface area contributed by atoms with Crippen LogP contribution in [0.1, 0.15) is 35.6 Å². The molecule has 5 rings (SSSR count). The van der Waals surface area contributed by atoms with Crippen LogP contribution in [0.4, 0.5) is 16.2 Å². The summed E-state index contributed by atoms with van der Waals surface area (Å²) in [6.07, 6.45) is 4.87. The monoisotopic (exact) mass is 503 g/mol.